The number of carbonyl (C=O) groups excluding carboxylic acids is 1. The highest BCUT2D eigenvalue weighted by atomic mass is 79.9. The Bertz CT molecular complexity index is 293. The Morgan fingerprint density at radius 3 is 1.85 bits per heavy atom. The fraction of sp³-hybridized carbons (Fsp3) is 0.769. The molecule has 3 nitrogen and oxygen atoms in total. The molecular formula is C13H24Br2N2OS2. The summed E-state index contributed by atoms with van der Waals surface area (Å²) in [7, 11) is 3.57. The van der Waals surface area contributed by atoms with Gasteiger partial charge in [-0.15, -0.1) is 0 Å². The molecule has 0 aromatic carbocycles. The molecule has 0 unspecified atom stereocenters. The normalized spacial score (nSPS) is 12.1. The van der Waals surface area contributed by atoms with E-state index in [9.17, 15) is 4.79 Å². The molecule has 0 bridgehead atoms. The third-order valence-corrected chi connectivity index (χ3v) is 5.58. The number of allylic oxidation sites excluding steroid dienone is 1. The smallest absolute Gasteiger partial charge is 0.236 e. The van der Waals surface area contributed by atoms with Gasteiger partial charge in [-0.05, 0) is 27.7 Å². The summed E-state index contributed by atoms with van der Waals surface area (Å²) in [5.74, 6) is 1.94. The van der Waals surface area contributed by atoms with Gasteiger partial charge in [0.25, 0.3) is 0 Å². The van der Waals surface area contributed by atoms with Crippen LogP contribution in [0.1, 0.15) is 27.7 Å². The van der Waals surface area contributed by atoms with E-state index in [-0.39, 0.29) is 10.2 Å². The number of nitrogens with one attached hydrogen (secondary N) is 2. The van der Waals surface area contributed by atoms with Gasteiger partial charge in [0.2, 0.25) is 5.91 Å². The van der Waals surface area contributed by atoms with E-state index in [1.165, 1.54) is 0 Å². The predicted octanol–water partition coefficient (Wildman–Crippen LogP) is 3.93. The zero-order valence-electron chi connectivity index (χ0n) is 12.5. The number of hydrogen-bond donors (Lipinski definition) is 2. The van der Waals surface area contributed by atoms with Crippen molar-refractivity contribution in [3.8, 4) is 0 Å². The van der Waals surface area contributed by atoms with Gasteiger partial charge in [0.1, 0.15) is 0 Å². The first-order valence-corrected chi connectivity index (χ1v) is 10.5. The lowest BCUT2D eigenvalue weighted by Gasteiger charge is -2.21. The number of hydrogen-bond acceptors (Lipinski definition) is 4. The van der Waals surface area contributed by atoms with Crippen molar-refractivity contribution in [2.75, 3.05) is 24.6 Å². The fourth-order valence-corrected chi connectivity index (χ4v) is 3.08. The van der Waals surface area contributed by atoms with Crippen LogP contribution in [0.3, 0.4) is 0 Å². The third-order valence-electron chi connectivity index (χ3n) is 2.34. The molecule has 118 valence electrons. The molecule has 0 aliphatic carbocycles. The van der Waals surface area contributed by atoms with Crippen LogP contribution in [0.5, 0.6) is 0 Å². The summed E-state index contributed by atoms with van der Waals surface area (Å²) in [5, 5.41) is 6.20. The highest BCUT2D eigenvalue weighted by Crippen LogP contribution is 2.23. The molecule has 1 amide bonds. The highest BCUT2D eigenvalue weighted by Gasteiger charge is 2.22. The predicted molar refractivity (Wildman–Crippen MR) is 101 cm³/mol. The molecule has 0 radical (unpaired) electrons. The van der Waals surface area contributed by atoms with Crippen LogP contribution in [0.4, 0.5) is 0 Å². The van der Waals surface area contributed by atoms with Crippen molar-refractivity contribution < 1.29 is 4.79 Å². The van der Waals surface area contributed by atoms with Gasteiger partial charge < -0.3 is 10.6 Å². The lowest BCUT2D eigenvalue weighted by molar-refractivity contribution is -0.122. The summed E-state index contributed by atoms with van der Waals surface area (Å²) in [4.78, 5) is 11.6. The SMILES string of the molecule is C=C(NCCSSCCNC(=O)C(C)(C)Br)C(C)(C)Br. The first-order chi connectivity index (χ1) is 9.05. The van der Waals surface area contributed by atoms with E-state index in [1.807, 2.05) is 13.8 Å². The Kier molecular flexibility index (Phi) is 9.96. The van der Waals surface area contributed by atoms with E-state index in [0.717, 1.165) is 23.7 Å². The van der Waals surface area contributed by atoms with E-state index >= 15 is 0 Å². The first kappa shape index (κ1) is 20.7. The summed E-state index contributed by atoms with van der Waals surface area (Å²) in [6.45, 7) is 13.4. The second kappa shape index (κ2) is 9.64. The lowest BCUT2D eigenvalue weighted by Crippen LogP contribution is -2.38. The molecular weight excluding hydrogens is 424 g/mol. The molecule has 0 spiro atoms. The Balaban J connectivity index is 3.47. The van der Waals surface area contributed by atoms with Crippen LogP contribution in [-0.4, -0.2) is 39.2 Å². The van der Waals surface area contributed by atoms with Crippen molar-refractivity contribution in [1.82, 2.24) is 10.6 Å². The van der Waals surface area contributed by atoms with Gasteiger partial charge in [0, 0.05) is 30.3 Å². The molecule has 0 aromatic heterocycles. The molecule has 0 aliphatic rings. The summed E-state index contributed by atoms with van der Waals surface area (Å²) in [6.07, 6.45) is 0. The Morgan fingerprint density at radius 2 is 1.45 bits per heavy atom. The van der Waals surface area contributed by atoms with Crippen LogP contribution >= 0.6 is 53.4 Å². The minimum atomic E-state index is -0.489. The molecule has 0 fully saturated rings. The number of rotatable bonds is 10. The molecule has 20 heavy (non-hydrogen) atoms. The monoisotopic (exact) mass is 446 g/mol. The zero-order valence-corrected chi connectivity index (χ0v) is 17.3. The van der Waals surface area contributed by atoms with Crippen molar-refractivity contribution in [1.29, 1.82) is 0 Å². The van der Waals surface area contributed by atoms with Crippen molar-refractivity contribution in [3.05, 3.63) is 12.3 Å². The van der Waals surface area contributed by atoms with Crippen molar-refractivity contribution in [2.24, 2.45) is 0 Å². The van der Waals surface area contributed by atoms with E-state index in [0.29, 0.717) is 6.54 Å². The quantitative estimate of drug-likeness (QED) is 0.302. The molecule has 7 heteroatoms. The second-order valence-electron chi connectivity index (χ2n) is 5.25. The highest BCUT2D eigenvalue weighted by molar-refractivity contribution is 9.10. The maximum absolute atomic E-state index is 11.6. The molecule has 0 aliphatic heterocycles. The van der Waals surface area contributed by atoms with Crippen LogP contribution in [0.2, 0.25) is 0 Å². The Labute approximate surface area is 147 Å². The number of carbonyl (C=O) groups is 1. The van der Waals surface area contributed by atoms with Crippen LogP contribution in [0, 0.1) is 0 Å². The maximum atomic E-state index is 11.6. The standard InChI is InChI=1S/C13H24Br2N2OS2/c1-10(12(2,3)14)16-6-8-19-20-9-7-17-11(18)13(4,5)15/h16H,1,6-9H2,2-5H3,(H,17,18). The topological polar surface area (TPSA) is 41.1 Å². The van der Waals surface area contributed by atoms with E-state index in [4.69, 9.17) is 0 Å². The molecule has 0 rings (SSSR count). The van der Waals surface area contributed by atoms with Gasteiger partial charge in [0.05, 0.1) is 8.65 Å². The summed E-state index contributed by atoms with van der Waals surface area (Å²) in [5.41, 5.74) is 0.995. The fourth-order valence-electron chi connectivity index (χ4n) is 0.988. The third kappa shape index (κ3) is 10.4. The Morgan fingerprint density at radius 1 is 1.00 bits per heavy atom. The van der Waals surface area contributed by atoms with Crippen LogP contribution in [0.15, 0.2) is 12.3 Å². The van der Waals surface area contributed by atoms with Crippen LogP contribution in [-0.2, 0) is 4.79 Å². The van der Waals surface area contributed by atoms with E-state index in [2.05, 4.69) is 62.9 Å². The lowest BCUT2D eigenvalue weighted by atomic mass is 10.1. The Hall–Kier alpha value is 0.670. The number of halogens is 2. The van der Waals surface area contributed by atoms with Gasteiger partial charge in [-0.25, -0.2) is 0 Å². The molecule has 0 atom stereocenters. The molecule has 0 aromatic rings. The van der Waals surface area contributed by atoms with Crippen molar-refractivity contribution in [2.45, 2.75) is 36.3 Å². The van der Waals surface area contributed by atoms with Gasteiger partial charge in [0.15, 0.2) is 0 Å². The van der Waals surface area contributed by atoms with Crippen molar-refractivity contribution in [3.63, 3.8) is 0 Å². The van der Waals surface area contributed by atoms with E-state index in [1.54, 1.807) is 21.6 Å². The summed E-state index contributed by atoms with van der Waals surface area (Å²) in [6, 6.07) is 0. The minimum Gasteiger partial charge on any atom is -0.387 e. The van der Waals surface area contributed by atoms with Crippen LogP contribution < -0.4 is 10.6 Å². The van der Waals surface area contributed by atoms with Gasteiger partial charge >= 0.3 is 0 Å². The average Bonchev–Trinajstić information content (AvgIpc) is 2.29. The molecule has 0 heterocycles. The average molecular weight is 448 g/mol. The largest absolute Gasteiger partial charge is 0.387 e. The molecule has 0 saturated heterocycles. The first-order valence-electron chi connectivity index (χ1n) is 6.39. The van der Waals surface area contributed by atoms with E-state index < -0.39 is 4.32 Å². The van der Waals surface area contributed by atoms with Gasteiger partial charge in [-0.2, -0.15) is 0 Å². The second-order valence-corrected chi connectivity index (χ2v) is 11.9. The number of alkyl halides is 2. The summed E-state index contributed by atoms with van der Waals surface area (Å²) >= 11 is 6.89. The molecule has 0 saturated carbocycles. The van der Waals surface area contributed by atoms with Gasteiger partial charge in [-0.3, -0.25) is 4.79 Å². The maximum Gasteiger partial charge on any atom is 0.236 e. The summed E-state index contributed by atoms with van der Waals surface area (Å²) < 4.78 is -0.560. The van der Waals surface area contributed by atoms with Crippen molar-refractivity contribution >= 4 is 59.4 Å². The van der Waals surface area contributed by atoms with Gasteiger partial charge in [-0.1, -0.05) is 60.0 Å². The number of amides is 1. The van der Waals surface area contributed by atoms with Crippen LogP contribution in [0.25, 0.3) is 0 Å². The minimum absolute atomic E-state index is 0.0284. The molecule has 2 N–H and O–H groups in total. The zero-order chi connectivity index (χ0) is 15.8.